The number of nitrogens with one attached hydrogen (secondary N) is 1. The monoisotopic (exact) mass is 257 g/mol. The van der Waals surface area contributed by atoms with Crippen LogP contribution >= 0.6 is 0 Å². The van der Waals surface area contributed by atoms with Crippen molar-refractivity contribution >= 4 is 10.0 Å². The molecule has 0 saturated carbocycles. The summed E-state index contributed by atoms with van der Waals surface area (Å²) in [5.41, 5.74) is 2.37. The summed E-state index contributed by atoms with van der Waals surface area (Å²) < 4.78 is 30.0. The normalized spacial score (nSPS) is 13.4. The summed E-state index contributed by atoms with van der Waals surface area (Å²) in [6.07, 6.45) is 1.14. The van der Waals surface area contributed by atoms with Crippen LogP contribution in [0.4, 0.5) is 0 Å². The molecule has 1 aromatic rings. The number of aryl methyl sites for hydroxylation is 2. The van der Waals surface area contributed by atoms with E-state index in [0.717, 1.165) is 17.6 Å². The van der Waals surface area contributed by atoms with Crippen LogP contribution in [0.25, 0.3) is 0 Å². The lowest BCUT2D eigenvalue weighted by Gasteiger charge is -2.14. The van der Waals surface area contributed by atoms with Crippen molar-refractivity contribution in [2.45, 2.75) is 26.8 Å². The summed E-state index contributed by atoms with van der Waals surface area (Å²) in [4.78, 5) is 0. The third-order valence-electron chi connectivity index (χ3n) is 2.39. The second-order valence-electron chi connectivity index (χ2n) is 4.35. The first-order valence-electron chi connectivity index (χ1n) is 5.45. The van der Waals surface area contributed by atoms with Crippen molar-refractivity contribution in [3.63, 3.8) is 0 Å². The predicted octanol–water partition coefficient (Wildman–Crippen LogP) is 1.62. The number of rotatable bonds is 5. The lowest BCUT2D eigenvalue weighted by molar-refractivity contribution is 0.287. The summed E-state index contributed by atoms with van der Waals surface area (Å²) >= 11 is 0. The Labute approximate surface area is 103 Å². The average molecular weight is 257 g/mol. The van der Waals surface area contributed by atoms with Crippen LogP contribution in [0.2, 0.25) is 0 Å². The molecule has 0 heterocycles. The Balaban J connectivity index is 2.53. The molecule has 1 atom stereocenters. The lowest BCUT2D eigenvalue weighted by atomic mass is 10.1. The van der Waals surface area contributed by atoms with Gasteiger partial charge >= 0.3 is 0 Å². The minimum absolute atomic E-state index is 0.244. The molecule has 0 aliphatic heterocycles. The van der Waals surface area contributed by atoms with Crippen LogP contribution in [-0.2, 0) is 10.0 Å². The molecule has 0 aliphatic rings. The largest absolute Gasteiger partial charge is 0.492 e. The lowest BCUT2D eigenvalue weighted by Crippen LogP contribution is -2.35. The third-order valence-corrected chi connectivity index (χ3v) is 3.22. The van der Waals surface area contributed by atoms with Crippen molar-refractivity contribution in [1.82, 2.24) is 4.72 Å². The van der Waals surface area contributed by atoms with Gasteiger partial charge in [0.15, 0.2) is 0 Å². The van der Waals surface area contributed by atoms with E-state index in [2.05, 4.69) is 4.72 Å². The van der Waals surface area contributed by atoms with E-state index in [0.29, 0.717) is 6.61 Å². The maximum atomic E-state index is 11.0. The van der Waals surface area contributed by atoms with Gasteiger partial charge in [0, 0.05) is 0 Å². The molecular weight excluding hydrogens is 238 g/mol. The van der Waals surface area contributed by atoms with E-state index in [1.54, 1.807) is 6.92 Å². The summed E-state index contributed by atoms with van der Waals surface area (Å²) in [6, 6.07) is 5.57. The topological polar surface area (TPSA) is 55.4 Å². The standard InChI is InChI=1S/C12H19NO3S/c1-9-5-6-12(7-10(9)2)16-8-11(3)13-17(4,14)15/h5-7,11,13H,8H2,1-4H3/t11-/m1/s1. The highest BCUT2D eigenvalue weighted by Gasteiger charge is 2.09. The van der Waals surface area contributed by atoms with E-state index in [4.69, 9.17) is 4.74 Å². The van der Waals surface area contributed by atoms with Gasteiger partial charge in [-0.1, -0.05) is 6.07 Å². The molecule has 0 bridgehead atoms. The number of ether oxygens (including phenoxy) is 1. The Morgan fingerprint density at radius 1 is 1.29 bits per heavy atom. The molecule has 0 spiro atoms. The number of sulfonamides is 1. The maximum Gasteiger partial charge on any atom is 0.209 e. The second kappa shape index (κ2) is 5.51. The Morgan fingerprint density at radius 2 is 1.94 bits per heavy atom. The van der Waals surface area contributed by atoms with Crippen LogP contribution in [0.15, 0.2) is 18.2 Å². The molecule has 0 aromatic heterocycles. The SMILES string of the molecule is Cc1ccc(OC[C@@H](C)NS(C)(=O)=O)cc1C. The van der Waals surface area contributed by atoms with Crippen LogP contribution in [0, 0.1) is 13.8 Å². The van der Waals surface area contributed by atoms with Crippen molar-refractivity contribution in [3.05, 3.63) is 29.3 Å². The Hall–Kier alpha value is -1.07. The highest BCUT2D eigenvalue weighted by Crippen LogP contribution is 2.16. The Morgan fingerprint density at radius 3 is 2.47 bits per heavy atom. The van der Waals surface area contributed by atoms with Crippen molar-refractivity contribution in [1.29, 1.82) is 0 Å². The first-order chi connectivity index (χ1) is 7.78. The van der Waals surface area contributed by atoms with Crippen LogP contribution < -0.4 is 9.46 Å². The van der Waals surface area contributed by atoms with Crippen LogP contribution in [0.5, 0.6) is 5.75 Å². The first-order valence-corrected chi connectivity index (χ1v) is 7.34. The van der Waals surface area contributed by atoms with Crippen LogP contribution in [0.1, 0.15) is 18.1 Å². The molecule has 0 fully saturated rings. The summed E-state index contributed by atoms with van der Waals surface area (Å²) in [5.74, 6) is 0.759. The molecule has 1 N–H and O–H groups in total. The molecule has 4 nitrogen and oxygen atoms in total. The van der Waals surface area contributed by atoms with Crippen LogP contribution in [0.3, 0.4) is 0 Å². The number of benzene rings is 1. The van der Waals surface area contributed by atoms with Gasteiger partial charge in [-0.25, -0.2) is 13.1 Å². The van der Waals surface area contributed by atoms with E-state index in [9.17, 15) is 8.42 Å². The third kappa shape index (κ3) is 5.19. The van der Waals surface area contributed by atoms with Crippen molar-refractivity contribution in [2.75, 3.05) is 12.9 Å². The molecule has 0 radical (unpaired) electrons. The van der Waals surface area contributed by atoms with Gasteiger partial charge in [-0.3, -0.25) is 0 Å². The van der Waals surface area contributed by atoms with Gasteiger partial charge in [-0.15, -0.1) is 0 Å². The molecule has 1 rings (SSSR count). The zero-order valence-corrected chi connectivity index (χ0v) is 11.5. The van der Waals surface area contributed by atoms with Gasteiger partial charge < -0.3 is 4.74 Å². The van der Waals surface area contributed by atoms with Gasteiger partial charge in [0.2, 0.25) is 10.0 Å². The Bertz CT molecular complexity index is 483. The summed E-state index contributed by atoms with van der Waals surface area (Å²) in [6.45, 7) is 6.13. The van der Waals surface area contributed by atoms with Gasteiger partial charge in [0.05, 0.1) is 12.3 Å². The van der Waals surface area contributed by atoms with E-state index in [-0.39, 0.29) is 6.04 Å². The van der Waals surface area contributed by atoms with Gasteiger partial charge in [0.1, 0.15) is 12.4 Å². The van der Waals surface area contributed by atoms with E-state index >= 15 is 0 Å². The predicted molar refractivity (Wildman–Crippen MR) is 68.9 cm³/mol. The molecule has 96 valence electrons. The fraction of sp³-hybridized carbons (Fsp3) is 0.500. The summed E-state index contributed by atoms with van der Waals surface area (Å²) in [5, 5.41) is 0. The highest BCUT2D eigenvalue weighted by molar-refractivity contribution is 7.88. The minimum Gasteiger partial charge on any atom is -0.492 e. The fourth-order valence-corrected chi connectivity index (χ4v) is 2.22. The summed E-state index contributed by atoms with van der Waals surface area (Å²) in [7, 11) is -3.17. The average Bonchev–Trinajstić information content (AvgIpc) is 2.17. The first kappa shape index (κ1) is 14.0. The Kier molecular flexibility index (Phi) is 4.54. The molecule has 0 amide bonds. The fourth-order valence-electron chi connectivity index (χ4n) is 1.42. The van der Waals surface area contributed by atoms with Crippen molar-refractivity contribution in [2.24, 2.45) is 0 Å². The zero-order valence-electron chi connectivity index (χ0n) is 10.6. The smallest absolute Gasteiger partial charge is 0.209 e. The molecule has 1 aromatic carbocycles. The van der Waals surface area contributed by atoms with E-state index in [1.807, 2.05) is 32.0 Å². The number of hydrogen-bond donors (Lipinski definition) is 1. The quantitative estimate of drug-likeness (QED) is 0.872. The van der Waals surface area contributed by atoms with Crippen LogP contribution in [-0.4, -0.2) is 27.3 Å². The van der Waals surface area contributed by atoms with E-state index < -0.39 is 10.0 Å². The van der Waals surface area contributed by atoms with Gasteiger partial charge in [-0.2, -0.15) is 0 Å². The van der Waals surface area contributed by atoms with Gasteiger partial charge in [0.25, 0.3) is 0 Å². The maximum absolute atomic E-state index is 11.0. The highest BCUT2D eigenvalue weighted by atomic mass is 32.2. The zero-order chi connectivity index (χ0) is 13.1. The molecule has 0 unspecified atom stereocenters. The molecule has 17 heavy (non-hydrogen) atoms. The molecule has 5 heteroatoms. The van der Waals surface area contributed by atoms with Crippen molar-refractivity contribution in [3.8, 4) is 5.75 Å². The molecule has 0 aliphatic carbocycles. The van der Waals surface area contributed by atoms with E-state index in [1.165, 1.54) is 5.56 Å². The minimum atomic E-state index is -3.17. The molecular formula is C12H19NO3S. The molecule has 0 saturated heterocycles. The van der Waals surface area contributed by atoms with Crippen molar-refractivity contribution < 1.29 is 13.2 Å². The second-order valence-corrected chi connectivity index (χ2v) is 6.13. The van der Waals surface area contributed by atoms with Gasteiger partial charge in [-0.05, 0) is 44.0 Å². The number of hydrogen-bond acceptors (Lipinski definition) is 3.